The molecule has 108 valence electrons. The van der Waals surface area contributed by atoms with Gasteiger partial charge in [-0.05, 0) is 38.8 Å². The molecule has 2 aliphatic rings. The van der Waals surface area contributed by atoms with Crippen LogP contribution in [0.3, 0.4) is 0 Å². The molecule has 2 fully saturated rings. The fraction of sp³-hybridized carbons (Fsp3) is 0.857. The molecule has 0 radical (unpaired) electrons. The first-order valence-corrected chi connectivity index (χ1v) is 7.23. The van der Waals surface area contributed by atoms with Gasteiger partial charge in [0.1, 0.15) is 0 Å². The highest BCUT2D eigenvalue weighted by atomic mass is 16.4. The van der Waals surface area contributed by atoms with Crippen LogP contribution in [-0.4, -0.2) is 48.1 Å². The van der Waals surface area contributed by atoms with Crippen LogP contribution in [0.25, 0.3) is 0 Å². The molecule has 5 nitrogen and oxygen atoms in total. The van der Waals surface area contributed by atoms with Crippen molar-refractivity contribution in [2.24, 2.45) is 17.8 Å². The Labute approximate surface area is 114 Å². The van der Waals surface area contributed by atoms with Crippen molar-refractivity contribution in [2.45, 2.75) is 38.6 Å². The minimum atomic E-state index is -0.820. The third kappa shape index (κ3) is 3.26. The predicted octanol–water partition coefficient (Wildman–Crippen LogP) is 0.944. The molecule has 0 bridgehead atoms. The Bertz CT molecular complexity index is 359. The molecule has 1 amide bonds. The van der Waals surface area contributed by atoms with E-state index in [9.17, 15) is 14.7 Å². The summed E-state index contributed by atoms with van der Waals surface area (Å²) in [7, 11) is 2.04. The zero-order valence-corrected chi connectivity index (χ0v) is 11.8. The van der Waals surface area contributed by atoms with Crippen molar-refractivity contribution in [3.63, 3.8) is 0 Å². The van der Waals surface area contributed by atoms with Gasteiger partial charge in [-0.15, -0.1) is 0 Å². The number of carbonyl (C=O) groups excluding carboxylic acids is 1. The lowest BCUT2D eigenvalue weighted by Crippen LogP contribution is -2.42. The number of carboxylic acids is 1. The maximum Gasteiger partial charge on any atom is 0.307 e. The molecule has 1 saturated heterocycles. The molecule has 0 spiro atoms. The van der Waals surface area contributed by atoms with Crippen molar-refractivity contribution < 1.29 is 14.7 Å². The molecule has 2 N–H and O–H groups in total. The van der Waals surface area contributed by atoms with E-state index in [-0.39, 0.29) is 17.9 Å². The lowest BCUT2D eigenvalue weighted by Gasteiger charge is -2.19. The second-order valence-corrected chi connectivity index (χ2v) is 6.05. The Morgan fingerprint density at radius 2 is 2.00 bits per heavy atom. The Morgan fingerprint density at radius 1 is 1.32 bits per heavy atom. The maximum absolute atomic E-state index is 12.3. The summed E-state index contributed by atoms with van der Waals surface area (Å²) in [6.07, 6.45) is 3.29. The fourth-order valence-corrected chi connectivity index (χ4v) is 3.40. The van der Waals surface area contributed by atoms with Crippen LogP contribution in [0, 0.1) is 17.8 Å². The van der Waals surface area contributed by atoms with Gasteiger partial charge in [-0.2, -0.15) is 0 Å². The second kappa shape index (κ2) is 5.90. The molecule has 0 aromatic rings. The summed E-state index contributed by atoms with van der Waals surface area (Å²) in [4.78, 5) is 25.8. The van der Waals surface area contributed by atoms with Gasteiger partial charge in [0.05, 0.1) is 11.8 Å². The van der Waals surface area contributed by atoms with Gasteiger partial charge in [-0.25, -0.2) is 0 Å². The Morgan fingerprint density at radius 3 is 2.53 bits per heavy atom. The Kier molecular flexibility index (Phi) is 4.45. The molecule has 2 unspecified atom stereocenters. The summed E-state index contributed by atoms with van der Waals surface area (Å²) in [5, 5.41) is 12.3. The highest BCUT2D eigenvalue weighted by Crippen LogP contribution is 2.38. The highest BCUT2D eigenvalue weighted by Gasteiger charge is 2.42. The lowest BCUT2D eigenvalue weighted by atomic mass is 9.95. The van der Waals surface area contributed by atoms with Crippen molar-refractivity contribution >= 4 is 11.9 Å². The second-order valence-electron chi connectivity index (χ2n) is 6.05. The third-order valence-electron chi connectivity index (χ3n) is 4.63. The largest absolute Gasteiger partial charge is 0.481 e. The van der Waals surface area contributed by atoms with Crippen LogP contribution in [0.5, 0.6) is 0 Å². The molecule has 0 aromatic carbocycles. The molecule has 1 aliphatic heterocycles. The van der Waals surface area contributed by atoms with Gasteiger partial charge in [0, 0.05) is 12.6 Å². The molecule has 4 atom stereocenters. The van der Waals surface area contributed by atoms with E-state index < -0.39 is 11.9 Å². The van der Waals surface area contributed by atoms with Gasteiger partial charge < -0.3 is 15.3 Å². The molecule has 0 aromatic heterocycles. The van der Waals surface area contributed by atoms with Crippen LogP contribution in [0.1, 0.15) is 32.6 Å². The summed E-state index contributed by atoms with van der Waals surface area (Å²) < 4.78 is 0. The average molecular weight is 268 g/mol. The monoisotopic (exact) mass is 268 g/mol. The number of hydrogen-bond acceptors (Lipinski definition) is 3. The predicted molar refractivity (Wildman–Crippen MR) is 71.7 cm³/mol. The molecule has 19 heavy (non-hydrogen) atoms. The first-order valence-electron chi connectivity index (χ1n) is 7.23. The number of nitrogens with zero attached hydrogens (tertiary/aromatic N) is 1. The SMILES string of the molecule is CCC1C[C@H](C(=O)NC2CCN(C)C2)[C@H](C(=O)O)C1. The van der Waals surface area contributed by atoms with E-state index in [0.29, 0.717) is 12.3 Å². The number of carboxylic acid groups (broad SMARTS) is 1. The van der Waals surface area contributed by atoms with Gasteiger partial charge in [0.15, 0.2) is 0 Å². The van der Waals surface area contributed by atoms with E-state index in [4.69, 9.17) is 0 Å². The summed E-state index contributed by atoms with van der Waals surface area (Å²) in [6, 6.07) is 0.188. The quantitative estimate of drug-likeness (QED) is 0.796. The number of amides is 1. The van der Waals surface area contributed by atoms with Crippen molar-refractivity contribution in [3.05, 3.63) is 0 Å². The van der Waals surface area contributed by atoms with E-state index >= 15 is 0 Å². The first kappa shape index (κ1) is 14.3. The van der Waals surface area contributed by atoms with E-state index in [2.05, 4.69) is 17.1 Å². The van der Waals surface area contributed by atoms with E-state index in [1.165, 1.54) is 0 Å². The molecule has 1 aliphatic carbocycles. The standard InChI is InChI=1S/C14H24N2O3/c1-3-9-6-11(12(7-9)14(18)19)13(17)15-10-4-5-16(2)8-10/h9-12H,3-8H2,1-2H3,(H,15,17)(H,18,19)/t9?,10?,11-,12+/m0/s1. The molecule has 1 heterocycles. The van der Waals surface area contributed by atoms with Crippen LogP contribution in [0.15, 0.2) is 0 Å². The Balaban J connectivity index is 1.94. The van der Waals surface area contributed by atoms with Crippen molar-refractivity contribution in [1.82, 2.24) is 10.2 Å². The summed E-state index contributed by atoms with van der Waals surface area (Å²) >= 11 is 0. The van der Waals surface area contributed by atoms with Crippen molar-refractivity contribution in [3.8, 4) is 0 Å². The fourth-order valence-electron chi connectivity index (χ4n) is 3.40. The van der Waals surface area contributed by atoms with E-state index in [0.717, 1.165) is 32.4 Å². The number of nitrogens with one attached hydrogen (secondary N) is 1. The number of rotatable bonds is 4. The molecular weight excluding hydrogens is 244 g/mol. The molecule has 5 heteroatoms. The number of likely N-dealkylation sites (N-methyl/N-ethyl adjacent to an activating group) is 1. The number of aliphatic carboxylic acids is 1. The zero-order valence-electron chi connectivity index (χ0n) is 11.8. The number of likely N-dealkylation sites (tertiary alicyclic amines) is 1. The van der Waals surface area contributed by atoms with Gasteiger partial charge in [-0.3, -0.25) is 9.59 Å². The maximum atomic E-state index is 12.3. The molecular formula is C14H24N2O3. The van der Waals surface area contributed by atoms with E-state index in [1.54, 1.807) is 0 Å². The highest BCUT2D eigenvalue weighted by molar-refractivity contribution is 5.85. The van der Waals surface area contributed by atoms with Gasteiger partial charge in [-0.1, -0.05) is 13.3 Å². The van der Waals surface area contributed by atoms with Crippen LogP contribution in [0.4, 0.5) is 0 Å². The molecule has 2 rings (SSSR count). The van der Waals surface area contributed by atoms with Gasteiger partial charge in [0.25, 0.3) is 0 Å². The lowest BCUT2D eigenvalue weighted by molar-refractivity contribution is -0.146. The smallest absolute Gasteiger partial charge is 0.307 e. The summed E-state index contributed by atoms with van der Waals surface area (Å²) in [5.74, 6) is -1.33. The van der Waals surface area contributed by atoms with Gasteiger partial charge in [0.2, 0.25) is 5.91 Å². The zero-order chi connectivity index (χ0) is 14.0. The topological polar surface area (TPSA) is 69.6 Å². The van der Waals surface area contributed by atoms with Crippen LogP contribution in [-0.2, 0) is 9.59 Å². The number of carbonyl (C=O) groups is 2. The van der Waals surface area contributed by atoms with Gasteiger partial charge >= 0.3 is 5.97 Å². The van der Waals surface area contributed by atoms with Crippen LogP contribution >= 0.6 is 0 Å². The normalized spacial score (nSPS) is 35.5. The van der Waals surface area contributed by atoms with Crippen LogP contribution in [0.2, 0.25) is 0 Å². The van der Waals surface area contributed by atoms with E-state index in [1.807, 2.05) is 7.05 Å². The first-order chi connectivity index (χ1) is 9.01. The summed E-state index contributed by atoms with van der Waals surface area (Å²) in [6.45, 7) is 3.93. The minimum absolute atomic E-state index is 0.0522. The third-order valence-corrected chi connectivity index (χ3v) is 4.63. The number of hydrogen-bond donors (Lipinski definition) is 2. The Hall–Kier alpha value is -1.10. The van der Waals surface area contributed by atoms with Crippen molar-refractivity contribution in [2.75, 3.05) is 20.1 Å². The minimum Gasteiger partial charge on any atom is -0.481 e. The van der Waals surface area contributed by atoms with Crippen LogP contribution < -0.4 is 5.32 Å². The summed E-state index contributed by atoms with van der Waals surface area (Å²) in [5.41, 5.74) is 0. The van der Waals surface area contributed by atoms with Crippen molar-refractivity contribution in [1.29, 1.82) is 0 Å². The average Bonchev–Trinajstić information content (AvgIpc) is 2.95. The molecule has 1 saturated carbocycles.